The molecule has 0 bridgehead atoms. The van der Waals surface area contributed by atoms with E-state index >= 15 is 0 Å². The molecule has 1 aromatic carbocycles. The fraction of sp³-hybridized carbons (Fsp3) is 0.174. The molecule has 0 unspecified atom stereocenters. The molecule has 3 heterocycles. The van der Waals surface area contributed by atoms with Crippen LogP contribution in [0.25, 0.3) is 11.4 Å². The second kappa shape index (κ2) is 10.2. The average molecular weight is 445 g/mol. The summed E-state index contributed by atoms with van der Waals surface area (Å²) in [6.45, 7) is 0.520. The van der Waals surface area contributed by atoms with E-state index in [9.17, 15) is 0 Å². The summed E-state index contributed by atoms with van der Waals surface area (Å²) in [6, 6.07) is 13.0. The highest BCUT2D eigenvalue weighted by molar-refractivity contribution is 5.71. The van der Waals surface area contributed by atoms with Crippen molar-refractivity contribution in [2.75, 3.05) is 32.0 Å². The highest BCUT2D eigenvalue weighted by Gasteiger charge is 2.15. The number of ether oxygens (including phenoxy) is 3. The van der Waals surface area contributed by atoms with Gasteiger partial charge in [0.1, 0.15) is 12.1 Å². The number of anilines is 3. The summed E-state index contributed by atoms with van der Waals surface area (Å²) in [5.41, 5.74) is 2.31. The lowest BCUT2D eigenvalue weighted by Crippen LogP contribution is -2.06. The lowest BCUT2D eigenvalue weighted by molar-refractivity contribution is 0.324. The molecule has 0 aliphatic heterocycles. The molecule has 2 N–H and O–H groups in total. The van der Waals surface area contributed by atoms with Gasteiger partial charge in [-0.2, -0.15) is 4.98 Å². The normalized spacial score (nSPS) is 10.4. The van der Waals surface area contributed by atoms with Crippen molar-refractivity contribution < 1.29 is 14.2 Å². The molecule has 0 aliphatic rings. The Balaban J connectivity index is 1.59. The van der Waals surface area contributed by atoms with Crippen LogP contribution in [0.3, 0.4) is 0 Å². The van der Waals surface area contributed by atoms with Crippen LogP contribution in [0, 0.1) is 0 Å². The summed E-state index contributed by atoms with van der Waals surface area (Å²) < 4.78 is 16.2. The van der Waals surface area contributed by atoms with Gasteiger partial charge >= 0.3 is 0 Å². The molecule has 33 heavy (non-hydrogen) atoms. The minimum Gasteiger partial charge on any atom is -0.493 e. The Morgan fingerprint density at radius 3 is 2.30 bits per heavy atom. The van der Waals surface area contributed by atoms with Crippen LogP contribution in [-0.4, -0.2) is 46.2 Å². The zero-order valence-corrected chi connectivity index (χ0v) is 18.4. The molecule has 168 valence electrons. The number of hydrogen-bond acceptors (Lipinski definition) is 10. The van der Waals surface area contributed by atoms with E-state index in [-0.39, 0.29) is 0 Å². The zero-order valence-electron chi connectivity index (χ0n) is 18.4. The van der Waals surface area contributed by atoms with Crippen LogP contribution >= 0.6 is 0 Å². The first kappa shape index (κ1) is 21.8. The molecule has 0 fully saturated rings. The Morgan fingerprint density at radius 2 is 1.61 bits per heavy atom. The maximum atomic E-state index is 5.41. The lowest BCUT2D eigenvalue weighted by atomic mass is 10.2. The predicted molar refractivity (Wildman–Crippen MR) is 124 cm³/mol. The molecule has 10 nitrogen and oxygen atoms in total. The first-order chi connectivity index (χ1) is 16.2. The molecule has 4 aromatic rings. The van der Waals surface area contributed by atoms with Gasteiger partial charge in [0.15, 0.2) is 17.3 Å². The number of hydrogen-bond donors (Lipinski definition) is 2. The number of aromatic nitrogens is 5. The number of nitrogens with one attached hydrogen (secondary N) is 2. The van der Waals surface area contributed by atoms with E-state index in [2.05, 4.69) is 35.6 Å². The zero-order chi connectivity index (χ0) is 23.0. The molecule has 3 aromatic heterocycles. The van der Waals surface area contributed by atoms with Crippen molar-refractivity contribution in [1.82, 2.24) is 24.9 Å². The maximum absolute atomic E-state index is 5.41. The van der Waals surface area contributed by atoms with E-state index in [0.717, 1.165) is 11.3 Å². The largest absolute Gasteiger partial charge is 0.493 e. The quantitative estimate of drug-likeness (QED) is 0.395. The van der Waals surface area contributed by atoms with E-state index in [1.165, 1.54) is 6.33 Å². The van der Waals surface area contributed by atoms with E-state index in [4.69, 9.17) is 14.2 Å². The van der Waals surface area contributed by atoms with Crippen molar-refractivity contribution in [3.05, 3.63) is 66.9 Å². The molecule has 0 saturated carbocycles. The Morgan fingerprint density at radius 1 is 0.818 bits per heavy atom. The summed E-state index contributed by atoms with van der Waals surface area (Å²) in [7, 11) is 4.67. The van der Waals surface area contributed by atoms with Crippen molar-refractivity contribution >= 4 is 17.5 Å². The molecule has 0 aliphatic carbocycles. The minimum absolute atomic E-state index is 0.355. The van der Waals surface area contributed by atoms with Gasteiger partial charge in [0, 0.05) is 30.2 Å². The summed E-state index contributed by atoms with van der Waals surface area (Å²) in [4.78, 5) is 21.9. The van der Waals surface area contributed by atoms with E-state index < -0.39 is 0 Å². The summed E-state index contributed by atoms with van der Waals surface area (Å²) in [5.74, 6) is 3.00. The van der Waals surface area contributed by atoms with Gasteiger partial charge in [-0.3, -0.25) is 4.98 Å². The van der Waals surface area contributed by atoms with Crippen LogP contribution in [-0.2, 0) is 6.54 Å². The summed E-state index contributed by atoms with van der Waals surface area (Å²) >= 11 is 0. The Hall–Kier alpha value is -4.47. The molecular weight excluding hydrogens is 422 g/mol. The fourth-order valence-corrected chi connectivity index (χ4v) is 3.17. The monoisotopic (exact) mass is 445 g/mol. The Bertz CT molecular complexity index is 1200. The van der Waals surface area contributed by atoms with Crippen molar-refractivity contribution in [2.45, 2.75) is 6.54 Å². The molecule has 10 heteroatoms. The molecule has 0 spiro atoms. The smallest absolute Gasteiger partial charge is 0.230 e. The van der Waals surface area contributed by atoms with Gasteiger partial charge in [-0.05, 0) is 24.3 Å². The third kappa shape index (κ3) is 5.06. The minimum atomic E-state index is 0.355. The molecule has 0 saturated heterocycles. The number of nitrogens with zero attached hydrogens (tertiary/aromatic N) is 5. The van der Waals surface area contributed by atoms with E-state index in [1.54, 1.807) is 45.9 Å². The third-order valence-electron chi connectivity index (χ3n) is 4.70. The van der Waals surface area contributed by atoms with Crippen LogP contribution in [0.1, 0.15) is 5.69 Å². The SMILES string of the molecule is COc1cc(Nc2ncnc(-c3cccnc3NCc3ccccn3)n2)cc(OC)c1OC. The van der Waals surface area contributed by atoms with Gasteiger partial charge in [-0.1, -0.05) is 6.07 Å². The molecule has 4 rings (SSSR count). The lowest BCUT2D eigenvalue weighted by Gasteiger charge is -2.15. The Labute approximate surface area is 191 Å². The van der Waals surface area contributed by atoms with Crippen LogP contribution in [0.15, 0.2) is 61.2 Å². The van der Waals surface area contributed by atoms with Crippen LogP contribution < -0.4 is 24.8 Å². The molecule has 0 amide bonds. The second-order valence-corrected chi connectivity index (χ2v) is 6.75. The predicted octanol–water partition coefficient (Wildman–Crippen LogP) is 3.71. The van der Waals surface area contributed by atoms with E-state index in [1.807, 2.05) is 30.3 Å². The van der Waals surface area contributed by atoms with Gasteiger partial charge in [-0.25, -0.2) is 15.0 Å². The first-order valence-corrected chi connectivity index (χ1v) is 10.1. The van der Waals surface area contributed by atoms with Crippen molar-refractivity contribution in [3.8, 4) is 28.6 Å². The van der Waals surface area contributed by atoms with Crippen molar-refractivity contribution in [3.63, 3.8) is 0 Å². The summed E-state index contributed by atoms with van der Waals surface area (Å²) in [5, 5.41) is 6.46. The summed E-state index contributed by atoms with van der Waals surface area (Å²) in [6.07, 6.45) is 4.90. The number of pyridine rings is 2. The van der Waals surface area contributed by atoms with E-state index in [0.29, 0.717) is 47.1 Å². The number of methoxy groups -OCH3 is 3. The van der Waals surface area contributed by atoms with Gasteiger partial charge in [0.25, 0.3) is 0 Å². The first-order valence-electron chi connectivity index (χ1n) is 10.1. The van der Waals surface area contributed by atoms with Crippen molar-refractivity contribution in [1.29, 1.82) is 0 Å². The standard InChI is InChI=1S/C23H23N7O3/c1-31-18-11-16(12-19(32-2)20(18)33-3)29-23-28-14-27-22(30-23)17-8-6-10-25-21(17)26-13-15-7-4-5-9-24-15/h4-12,14H,13H2,1-3H3,(H,25,26)(H,27,28,29,30). The van der Waals surface area contributed by atoms with Crippen LogP contribution in [0.2, 0.25) is 0 Å². The molecule has 0 radical (unpaired) electrons. The molecule has 0 atom stereocenters. The molecular formula is C23H23N7O3. The second-order valence-electron chi connectivity index (χ2n) is 6.75. The van der Waals surface area contributed by atoms with Gasteiger partial charge in [0.2, 0.25) is 11.7 Å². The van der Waals surface area contributed by atoms with Gasteiger partial charge in [-0.15, -0.1) is 0 Å². The average Bonchev–Trinajstić information content (AvgIpc) is 2.87. The highest BCUT2D eigenvalue weighted by atomic mass is 16.5. The topological polar surface area (TPSA) is 116 Å². The highest BCUT2D eigenvalue weighted by Crippen LogP contribution is 2.40. The number of rotatable bonds is 9. The Kier molecular flexibility index (Phi) is 6.74. The fourth-order valence-electron chi connectivity index (χ4n) is 3.17. The van der Waals surface area contributed by atoms with Gasteiger partial charge in [0.05, 0.1) is 39.1 Å². The third-order valence-corrected chi connectivity index (χ3v) is 4.70. The van der Waals surface area contributed by atoms with Gasteiger partial charge < -0.3 is 24.8 Å². The number of benzene rings is 1. The maximum Gasteiger partial charge on any atom is 0.230 e. The van der Waals surface area contributed by atoms with Crippen molar-refractivity contribution in [2.24, 2.45) is 0 Å². The van der Waals surface area contributed by atoms with Crippen LogP contribution in [0.4, 0.5) is 17.5 Å². The van der Waals surface area contributed by atoms with Crippen LogP contribution in [0.5, 0.6) is 17.2 Å².